The molecule has 6 heteroatoms. The molecular formula is C22H25NO5. The third kappa shape index (κ3) is 5.25. The minimum absolute atomic E-state index is 0.214. The summed E-state index contributed by atoms with van der Waals surface area (Å²) in [6.45, 7) is 3.62. The summed E-state index contributed by atoms with van der Waals surface area (Å²) < 4.78 is 17.6. The normalized spacial score (nSPS) is 24.7. The van der Waals surface area contributed by atoms with Gasteiger partial charge in [-0.3, -0.25) is 9.59 Å². The Morgan fingerprint density at radius 1 is 0.964 bits per heavy atom. The molecule has 1 aliphatic rings. The third-order valence-corrected chi connectivity index (χ3v) is 4.54. The molecule has 1 aliphatic heterocycles. The molecule has 28 heavy (non-hydrogen) atoms. The van der Waals surface area contributed by atoms with Gasteiger partial charge >= 0.3 is 0 Å². The summed E-state index contributed by atoms with van der Waals surface area (Å²) in [5, 5.41) is 2.77. The second kappa shape index (κ2) is 9.59. The van der Waals surface area contributed by atoms with E-state index in [-0.39, 0.29) is 18.3 Å². The Balaban J connectivity index is 1.74. The fourth-order valence-electron chi connectivity index (χ4n) is 3.12. The van der Waals surface area contributed by atoms with Gasteiger partial charge in [0.25, 0.3) is 0 Å². The van der Waals surface area contributed by atoms with Crippen molar-refractivity contribution < 1.29 is 23.8 Å². The minimum atomic E-state index is -0.853. The molecule has 1 N–H and O–H groups in total. The number of ether oxygens (including phenoxy) is 3. The van der Waals surface area contributed by atoms with Crippen molar-refractivity contribution in [3.8, 4) is 0 Å². The summed E-state index contributed by atoms with van der Waals surface area (Å²) in [4.78, 5) is 24.5. The maximum Gasteiger partial charge on any atom is 0.217 e. The number of benzene rings is 2. The van der Waals surface area contributed by atoms with Crippen LogP contribution >= 0.6 is 0 Å². The molecule has 0 aromatic heterocycles. The highest BCUT2D eigenvalue weighted by Crippen LogP contribution is 2.23. The highest BCUT2D eigenvalue weighted by atomic mass is 16.7. The molecule has 1 saturated heterocycles. The van der Waals surface area contributed by atoms with Gasteiger partial charge in [0.05, 0.1) is 13.2 Å². The van der Waals surface area contributed by atoms with Gasteiger partial charge in [-0.15, -0.1) is 0 Å². The highest BCUT2D eigenvalue weighted by molar-refractivity contribution is 5.89. The fraction of sp³-hybridized carbons (Fsp3) is 0.364. The molecule has 6 nitrogen and oxygen atoms in total. The number of carbonyl (C=O) groups excluding carboxylic acids is 2. The monoisotopic (exact) mass is 383 g/mol. The molecule has 0 radical (unpaired) electrons. The topological polar surface area (TPSA) is 73.9 Å². The van der Waals surface area contributed by atoms with E-state index >= 15 is 0 Å². The summed E-state index contributed by atoms with van der Waals surface area (Å²) in [5.74, 6) is -0.494. The molecular weight excluding hydrogens is 358 g/mol. The van der Waals surface area contributed by atoms with Crippen molar-refractivity contribution in [3.05, 3.63) is 71.8 Å². The van der Waals surface area contributed by atoms with Crippen molar-refractivity contribution in [1.82, 2.24) is 5.32 Å². The van der Waals surface area contributed by atoms with Crippen molar-refractivity contribution in [1.29, 1.82) is 0 Å². The molecule has 2 aromatic rings. The van der Waals surface area contributed by atoms with Crippen molar-refractivity contribution in [2.45, 2.75) is 51.6 Å². The van der Waals surface area contributed by atoms with Crippen molar-refractivity contribution in [3.63, 3.8) is 0 Å². The third-order valence-electron chi connectivity index (χ3n) is 4.54. The molecule has 0 aliphatic carbocycles. The maximum atomic E-state index is 12.7. The molecule has 0 saturated carbocycles. The second-order valence-corrected chi connectivity index (χ2v) is 6.79. The number of Topliss-reactive ketones (excluding diaryl/α,β-unsaturated/α-hetero) is 1. The Kier molecular flexibility index (Phi) is 6.92. The number of hydrogen-bond donors (Lipinski definition) is 1. The van der Waals surface area contributed by atoms with Crippen LogP contribution in [-0.4, -0.2) is 36.2 Å². The molecule has 4 atom stereocenters. The lowest BCUT2D eigenvalue weighted by Gasteiger charge is -2.39. The van der Waals surface area contributed by atoms with E-state index in [0.717, 1.165) is 11.1 Å². The van der Waals surface area contributed by atoms with E-state index in [1.165, 1.54) is 6.92 Å². The molecule has 1 fully saturated rings. The Hall–Kier alpha value is -2.54. The lowest BCUT2D eigenvalue weighted by Crippen LogP contribution is -2.62. The average molecular weight is 383 g/mol. The molecule has 0 bridgehead atoms. The first kappa shape index (κ1) is 20.2. The number of ketones is 1. The van der Waals surface area contributed by atoms with Gasteiger partial charge in [-0.2, -0.15) is 0 Å². The van der Waals surface area contributed by atoms with E-state index in [0.29, 0.717) is 6.61 Å². The minimum Gasteiger partial charge on any atom is -0.363 e. The van der Waals surface area contributed by atoms with E-state index in [4.69, 9.17) is 14.2 Å². The van der Waals surface area contributed by atoms with Gasteiger partial charge in [0.15, 0.2) is 12.1 Å². The smallest absolute Gasteiger partial charge is 0.217 e. The largest absolute Gasteiger partial charge is 0.363 e. The number of amides is 1. The zero-order valence-corrected chi connectivity index (χ0v) is 16.0. The predicted molar refractivity (Wildman–Crippen MR) is 103 cm³/mol. The number of hydrogen-bond acceptors (Lipinski definition) is 5. The van der Waals surface area contributed by atoms with Crippen LogP contribution in [0.5, 0.6) is 0 Å². The van der Waals surface area contributed by atoms with Crippen LogP contribution in [0.1, 0.15) is 25.0 Å². The van der Waals surface area contributed by atoms with Crippen LogP contribution < -0.4 is 5.32 Å². The van der Waals surface area contributed by atoms with Crippen LogP contribution in [-0.2, 0) is 37.0 Å². The van der Waals surface area contributed by atoms with Gasteiger partial charge in [0.1, 0.15) is 18.2 Å². The van der Waals surface area contributed by atoms with Crippen LogP contribution in [0.2, 0.25) is 0 Å². The highest BCUT2D eigenvalue weighted by Gasteiger charge is 2.45. The standard InChI is InChI=1S/C22H25NO5/c1-15-20(25)21(26-13-17-9-5-3-6-10-17)19(23-16(2)24)22(28-15)27-14-18-11-7-4-8-12-18/h3-12,15,19,21-22H,13-14H2,1-2H3,(H,23,24)/t15-,19+,21+,22-/m0/s1. The number of carbonyl (C=O) groups is 2. The number of nitrogens with one attached hydrogen (secondary N) is 1. The zero-order valence-electron chi connectivity index (χ0n) is 16.0. The van der Waals surface area contributed by atoms with Crippen molar-refractivity contribution >= 4 is 11.7 Å². The Morgan fingerprint density at radius 2 is 1.50 bits per heavy atom. The lowest BCUT2D eigenvalue weighted by atomic mass is 9.98. The van der Waals surface area contributed by atoms with Crippen LogP contribution in [0.3, 0.4) is 0 Å². The second-order valence-electron chi connectivity index (χ2n) is 6.79. The van der Waals surface area contributed by atoms with Gasteiger partial charge in [-0.25, -0.2) is 0 Å². The summed E-state index contributed by atoms with van der Waals surface area (Å²) in [6, 6.07) is 18.5. The molecule has 2 aromatic carbocycles. The summed E-state index contributed by atoms with van der Waals surface area (Å²) in [7, 11) is 0. The zero-order chi connectivity index (χ0) is 19.9. The van der Waals surface area contributed by atoms with E-state index in [1.54, 1.807) is 6.92 Å². The maximum absolute atomic E-state index is 12.7. The quantitative estimate of drug-likeness (QED) is 0.796. The van der Waals surface area contributed by atoms with Gasteiger partial charge in [0.2, 0.25) is 5.91 Å². The van der Waals surface area contributed by atoms with Gasteiger partial charge in [-0.1, -0.05) is 60.7 Å². The SMILES string of the molecule is CC(=O)N[C@H]1[C@@H](OCc2ccccc2)O[C@@H](C)C(=O)[C@@H]1OCc1ccccc1. The molecule has 1 amide bonds. The number of rotatable bonds is 7. The van der Waals surface area contributed by atoms with Gasteiger partial charge in [0, 0.05) is 6.92 Å². The van der Waals surface area contributed by atoms with Crippen molar-refractivity contribution in [2.24, 2.45) is 0 Å². The Morgan fingerprint density at radius 3 is 2.04 bits per heavy atom. The van der Waals surface area contributed by atoms with Crippen LogP contribution in [0, 0.1) is 0 Å². The molecule has 148 valence electrons. The molecule has 1 heterocycles. The predicted octanol–water partition coefficient (Wildman–Crippen LogP) is 2.61. The summed E-state index contributed by atoms with van der Waals surface area (Å²) >= 11 is 0. The van der Waals surface area contributed by atoms with E-state index in [9.17, 15) is 9.59 Å². The van der Waals surface area contributed by atoms with Gasteiger partial charge in [-0.05, 0) is 18.1 Å². The first-order chi connectivity index (χ1) is 13.5. The Bertz CT molecular complexity index is 780. The van der Waals surface area contributed by atoms with Gasteiger partial charge < -0.3 is 19.5 Å². The lowest BCUT2D eigenvalue weighted by molar-refractivity contribution is -0.230. The van der Waals surface area contributed by atoms with Crippen LogP contribution in [0.25, 0.3) is 0 Å². The molecule has 3 rings (SSSR count). The van der Waals surface area contributed by atoms with Crippen LogP contribution in [0.15, 0.2) is 60.7 Å². The Labute approximate surface area is 164 Å². The van der Waals surface area contributed by atoms with E-state index in [1.807, 2.05) is 60.7 Å². The van der Waals surface area contributed by atoms with E-state index in [2.05, 4.69) is 5.32 Å². The first-order valence-electron chi connectivity index (χ1n) is 9.32. The summed E-state index contributed by atoms with van der Waals surface area (Å²) in [6.07, 6.45) is -2.34. The summed E-state index contributed by atoms with van der Waals surface area (Å²) in [5.41, 5.74) is 1.91. The fourth-order valence-corrected chi connectivity index (χ4v) is 3.12. The van der Waals surface area contributed by atoms with Crippen molar-refractivity contribution in [2.75, 3.05) is 0 Å². The average Bonchev–Trinajstić information content (AvgIpc) is 2.70. The molecule has 0 unspecified atom stereocenters. The first-order valence-corrected chi connectivity index (χ1v) is 9.32. The van der Waals surface area contributed by atoms with E-state index < -0.39 is 24.5 Å². The van der Waals surface area contributed by atoms with Crippen LogP contribution in [0.4, 0.5) is 0 Å². The molecule has 0 spiro atoms.